The number of amides is 1. The first-order chi connectivity index (χ1) is 14.0. The number of carbonyl (C=O) groups is 1. The molecule has 1 heterocycles. The van der Waals surface area contributed by atoms with Crippen LogP contribution in [0.25, 0.3) is 22.2 Å². The summed E-state index contributed by atoms with van der Waals surface area (Å²) in [7, 11) is 0. The number of aromatic nitrogens is 2. The Kier molecular flexibility index (Phi) is 7.30. The van der Waals surface area contributed by atoms with Gasteiger partial charge in [-0.15, -0.1) is 0 Å². The van der Waals surface area contributed by atoms with Crippen molar-refractivity contribution in [1.82, 2.24) is 20.3 Å². The average molecular weight is 475 g/mol. The summed E-state index contributed by atoms with van der Waals surface area (Å²) in [5.41, 5.74) is 4.80. The maximum Gasteiger partial charge on any atom is 0.254 e. The zero-order chi connectivity index (χ0) is 20.8. The number of benzene rings is 2. The molecule has 6 nitrogen and oxygen atoms in total. The molecule has 8 heteroatoms. The number of nitrogens with one attached hydrogen (secondary N) is 1. The number of hydrogen-bond donors (Lipinski definition) is 1. The monoisotopic (exact) mass is 473 g/mol. The first kappa shape index (κ1) is 21.4. The van der Waals surface area contributed by atoms with E-state index in [1.54, 1.807) is 0 Å². The highest BCUT2D eigenvalue weighted by Gasteiger charge is 2.12. The second kappa shape index (κ2) is 9.91. The molecule has 0 aliphatic heterocycles. The number of likely N-dealkylation sites (N-methyl/N-ethyl adjacent to an activating group) is 1. The van der Waals surface area contributed by atoms with Crippen molar-refractivity contribution in [3.8, 4) is 11.3 Å². The van der Waals surface area contributed by atoms with E-state index < -0.39 is 0 Å². The van der Waals surface area contributed by atoms with E-state index in [9.17, 15) is 4.79 Å². The number of nitrogens with zero attached hydrogens (tertiary/aromatic N) is 4. The van der Waals surface area contributed by atoms with Gasteiger partial charge in [-0.3, -0.25) is 9.69 Å². The van der Waals surface area contributed by atoms with Gasteiger partial charge in [0.1, 0.15) is 0 Å². The zero-order valence-electron chi connectivity index (χ0n) is 16.2. The van der Waals surface area contributed by atoms with Gasteiger partial charge in [-0.1, -0.05) is 59.6 Å². The summed E-state index contributed by atoms with van der Waals surface area (Å²) < 4.78 is 0.923. The zero-order valence-corrected chi connectivity index (χ0v) is 18.5. The van der Waals surface area contributed by atoms with Gasteiger partial charge < -0.3 is 0 Å². The van der Waals surface area contributed by atoms with Crippen molar-refractivity contribution >= 4 is 50.6 Å². The molecule has 3 rings (SSSR count). The molecule has 0 saturated heterocycles. The Hall–Kier alpha value is -2.35. The third kappa shape index (κ3) is 5.38. The molecule has 1 aromatic heterocycles. The molecule has 0 bridgehead atoms. The Morgan fingerprint density at radius 1 is 1.21 bits per heavy atom. The molecule has 0 atom stereocenters. The van der Waals surface area contributed by atoms with Gasteiger partial charge in [-0.25, -0.2) is 15.4 Å². The number of hydrazone groups is 1. The first-order valence-electron chi connectivity index (χ1n) is 9.28. The molecule has 1 amide bonds. The standard InChI is InChI=1S/C21H21BrClN5O/c1-3-28(4-2)13-20(29)27-24-12-19-25-18-10-9-14(22)11-16(18)21(26-19)15-7-5-6-8-17(15)23/h5-12H,3-4,13H2,1-2H3,(H,27,29)/b24-12+. The summed E-state index contributed by atoms with van der Waals surface area (Å²) in [6.45, 7) is 5.92. The molecule has 0 radical (unpaired) electrons. The predicted octanol–water partition coefficient (Wildman–Crippen LogP) is 4.50. The molecule has 0 spiro atoms. The molecule has 3 aromatic rings. The van der Waals surface area contributed by atoms with Crippen molar-refractivity contribution < 1.29 is 4.79 Å². The lowest BCUT2D eigenvalue weighted by molar-refractivity contribution is -0.122. The summed E-state index contributed by atoms with van der Waals surface area (Å²) in [5.74, 6) is 0.207. The molecule has 0 aliphatic rings. The van der Waals surface area contributed by atoms with Crippen LogP contribution in [0.2, 0.25) is 5.02 Å². The predicted molar refractivity (Wildman–Crippen MR) is 121 cm³/mol. The van der Waals surface area contributed by atoms with Gasteiger partial charge in [0.15, 0.2) is 5.82 Å². The highest BCUT2D eigenvalue weighted by molar-refractivity contribution is 9.10. The Balaban J connectivity index is 1.93. The summed E-state index contributed by atoms with van der Waals surface area (Å²) in [6.07, 6.45) is 1.45. The quantitative estimate of drug-likeness (QED) is 0.404. The molecule has 2 aromatic carbocycles. The Bertz CT molecular complexity index is 1050. The minimum Gasteiger partial charge on any atom is -0.295 e. The number of carbonyl (C=O) groups excluding carboxylic acids is 1. The molecule has 29 heavy (non-hydrogen) atoms. The minimum absolute atomic E-state index is 0.180. The average Bonchev–Trinajstić information content (AvgIpc) is 2.72. The van der Waals surface area contributed by atoms with Gasteiger partial charge >= 0.3 is 0 Å². The van der Waals surface area contributed by atoms with Gasteiger partial charge in [-0.05, 0) is 37.4 Å². The van der Waals surface area contributed by atoms with Crippen LogP contribution in [-0.4, -0.2) is 46.6 Å². The molecule has 0 fully saturated rings. The van der Waals surface area contributed by atoms with Crippen LogP contribution in [-0.2, 0) is 4.79 Å². The smallest absolute Gasteiger partial charge is 0.254 e. The van der Waals surface area contributed by atoms with Crippen molar-refractivity contribution in [1.29, 1.82) is 0 Å². The van der Waals surface area contributed by atoms with E-state index in [1.165, 1.54) is 6.21 Å². The van der Waals surface area contributed by atoms with Crippen LogP contribution in [0.3, 0.4) is 0 Å². The van der Waals surface area contributed by atoms with Crippen LogP contribution in [0, 0.1) is 0 Å². The Morgan fingerprint density at radius 3 is 2.69 bits per heavy atom. The van der Waals surface area contributed by atoms with E-state index in [1.807, 2.05) is 61.2 Å². The lowest BCUT2D eigenvalue weighted by Gasteiger charge is -2.15. The summed E-state index contributed by atoms with van der Waals surface area (Å²) >= 11 is 9.90. The Morgan fingerprint density at radius 2 is 1.97 bits per heavy atom. The lowest BCUT2D eigenvalue weighted by atomic mass is 10.1. The molecule has 0 unspecified atom stereocenters. The van der Waals surface area contributed by atoms with E-state index in [4.69, 9.17) is 11.6 Å². The number of halogens is 2. The maximum absolute atomic E-state index is 12.0. The van der Waals surface area contributed by atoms with Crippen LogP contribution in [0.5, 0.6) is 0 Å². The molecule has 1 N–H and O–H groups in total. The number of rotatable bonds is 7. The van der Waals surface area contributed by atoms with E-state index >= 15 is 0 Å². The fraction of sp³-hybridized carbons (Fsp3) is 0.238. The van der Waals surface area contributed by atoms with Crippen LogP contribution < -0.4 is 5.43 Å². The third-order valence-corrected chi connectivity index (χ3v) is 5.26. The molecular weight excluding hydrogens is 454 g/mol. The molecule has 150 valence electrons. The van der Waals surface area contributed by atoms with Crippen molar-refractivity contribution in [3.05, 3.63) is 57.8 Å². The second-order valence-electron chi connectivity index (χ2n) is 6.33. The molecule has 0 saturated carbocycles. The topological polar surface area (TPSA) is 70.5 Å². The third-order valence-electron chi connectivity index (χ3n) is 4.43. The van der Waals surface area contributed by atoms with Gasteiger partial charge in [0.25, 0.3) is 5.91 Å². The maximum atomic E-state index is 12.0. The van der Waals surface area contributed by atoms with Gasteiger partial charge in [0, 0.05) is 20.4 Å². The Labute approximate surface area is 183 Å². The van der Waals surface area contributed by atoms with Crippen LogP contribution >= 0.6 is 27.5 Å². The van der Waals surface area contributed by atoms with Gasteiger partial charge in [-0.2, -0.15) is 5.10 Å². The van der Waals surface area contributed by atoms with E-state index in [2.05, 4.69) is 36.4 Å². The van der Waals surface area contributed by atoms with E-state index in [0.29, 0.717) is 23.1 Å². The summed E-state index contributed by atoms with van der Waals surface area (Å²) in [6, 6.07) is 13.3. The number of fused-ring (bicyclic) bond motifs is 1. The normalized spacial score (nSPS) is 11.5. The summed E-state index contributed by atoms with van der Waals surface area (Å²) in [5, 5.41) is 5.50. The van der Waals surface area contributed by atoms with E-state index in [-0.39, 0.29) is 5.91 Å². The largest absolute Gasteiger partial charge is 0.295 e. The van der Waals surface area contributed by atoms with Crippen molar-refractivity contribution in [2.24, 2.45) is 5.10 Å². The molecule has 0 aliphatic carbocycles. The minimum atomic E-state index is -0.180. The first-order valence-corrected chi connectivity index (χ1v) is 10.4. The van der Waals surface area contributed by atoms with Crippen molar-refractivity contribution in [3.63, 3.8) is 0 Å². The highest BCUT2D eigenvalue weighted by atomic mass is 79.9. The summed E-state index contributed by atoms with van der Waals surface area (Å²) in [4.78, 5) is 23.2. The van der Waals surface area contributed by atoms with Gasteiger partial charge in [0.2, 0.25) is 0 Å². The van der Waals surface area contributed by atoms with Crippen LogP contribution in [0.4, 0.5) is 0 Å². The lowest BCUT2D eigenvalue weighted by Crippen LogP contribution is -2.35. The number of hydrogen-bond acceptors (Lipinski definition) is 5. The fourth-order valence-corrected chi connectivity index (χ4v) is 3.47. The second-order valence-corrected chi connectivity index (χ2v) is 7.65. The van der Waals surface area contributed by atoms with Crippen LogP contribution in [0.15, 0.2) is 52.0 Å². The highest BCUT2D eigenvalue weighted by Crippen LogP contribution is 2.32. The fourth-order valence-electron chi connectivity index (χ4n) is 2.88. The SMILES string of the molecule is CCN(CC)CC(=O)N/N=C/c1nc(-c2ccccc2Cl)c2cc(Br)ccc2n1. The van der Waals surface area contributed by atoms with E-state index in [0.717, 1.165) is 34.0 Å². The van der Waals surface area contributed by atoms with Crippen LogP contribution in [0.1, 0.15) is 19.7 Å². The van der Waals surface area contributed by atoms with Crippen molar-refractivity contribution in [2.75, 3.05) is 19.6 Å². The van der Waals surface area contributed by atoms with Crippen molar-refractivity contribution in [2.45, 2.75) is 13.8 Å². The van der Waals surface area contributed by atoms with Gasteiger partial charge in [0.05, 0.1) is 24.0 Å². The molecular formula is C21H21BrClN5O.